The topological polar surface area (TPSA) is 29.9 Å². The van der Waals surface area contributed by atoms with Gasteiger partial charge >= 0.3 is 0 Å². The minimum Gasteiger partial charge on any atom is -0.317 e. The molecule has 80 valence electrons. The summed E-state index contributed by atoms with van der Waals surface area (Å²) in [5.74, 6) is 0. The van der Waals surface area contributed by atoms with Crippen LogP contribution in [0.4, 0.5) is 0 Å². The fourth-order valence-corrected chi connectivity index (χ4v) is 1.38. The molecule has 0 bridgehead atoms. The van der Waals surface area contributed by atoms with Crippen molar-refractivity contribution in [3.8, 4) is 0 Å². The van der Waals surface area contributed by atoms with E-state index in [9.17, 15) is 0 Å². The highest BCUT2D eigenvalue weighted by atomic mass is 15.3. The van der Waals surface area contributed by atoms with Gasteiger partial charge in [0.25, 0.3) is 0 Å². The van der Waals surface area contributed by atoms with Gasteiger partial charge in [0.2, 0.25) is 0 Å². The number of aryl methyl sites for hydroxylation is 1. The standard InChI is InChI=1S/C11H21N3/c1-4-12-7-5-6-11-8-13-14(9-11)10(2)3/h8-10,12H,4-7H2,1-3H3. The molecule has 0 unspecified atom stereocenters. The van der Waals surface area contributed by atoms with Gasteiger partial charge in [0.15, 0.2) is 0 Å². The Balaban J connectivity index is 2.29. The zero-order valence-corrected chi connectivity index (χ0v) is 9.45. The smallest absolute Gasteiger partial charge is 0.0521 e. The first-order valence-corrected chi connectivity index (χ1v) is 5.47. The average molecular weight is 195 g/mol. The summed E-state index contributed by atoms with van der Waals surface area (Å²) in [7, 11) is 0. The lowest BCUT2D eigenvalue weighted by molar-refractivity contribution is 0.532. The van der Waals surface area contributed by atoms with E-state index in [2.05, 4.69) is 37.4 Å². The lowest BCUT2D eigenvalue weighted by Gasteiger charge is -2.03. The minimum atomic E-state index is 0.470. The minimum absolute atomic E-state index is 0.470. The van der Waals surface area contributed by atoms with E-state index in [-0.39, 0.29) is 0 Å². The van der Waals surface area contributed by atoms with Crippen molar-refractivity contribution in [2.24, 2.45) is 0 Å². The van der Waals surface area contributed by atoms with Gasteiger partial charge < -0.3 is 5.32 Å². The lowest BCUT2D eigenvalue weighted by Crippen LogP contribution is -2.14. The average Bonchev–Trinajstić information content (AvgIpc) is 2.61. The van der Waals surface area contributed by atoms with E-state index >= 15 is 0 Å². The second-order valence-corrected chi connectivity index (χ2v) is 3.88. The summed E-state index contributed by atoms with van der Waals surface area (Å²) in [5.41, 5.74) is 1.34. The van der Waals surface area contributed by atoms with E-state index in [0.29, 0.717) is 6.04 Å². The molecule has 0 atom stereocenters. The van der Waals surface area contributed by atoms with Crippen molar-refractivity contribution in [2.45, 2.75) is 39.7 Å². The van der Waals surface area contributed by atoms with Crippen LogP contribution >= 0.6 is 0 Å². The third kappa shape index (κ3) is 3.50. The van der Waals surface area contributed by atoms with Crippen molar-refractivity contribution >= 4 is 0 Å². The predicted molar refractivity (Wildman–Crippen MR) is 59.5 cm³/mol. The molecule has 3 heteroatoms. The van der Waals surface area contributed by atoms with Gasteiger partial charge in [0.1, 0.15) is 0 Å². The van der Waals surface area contributed by atoms with Crippen LogP contribution in [0.2, 0.25) is 0 Å². The third-order valence-electron chi connectivity index (χ3n) is 2.25. The predicted octanol–water partition coefficient (Wildman–Crippen LogP) is 2.01. The fraction of sp³-hybridized carbons (Fsp3) is 0.727. The van der Waals surface area contributed by atoms with Crippen molar-refractivity contribution in [1.29, 1.82) is 0 Å². The summed E-state index contributed by atoms with van der Waals surface area (Å²) in [6, 6.07) is 0.470. The fourth-order valence-electron chi connectivity index (χ4n) is 1.38. The summed E-state index contributed by atoms with van der Waals surface area (Å²) < 4.78 is 2.02. The van der Waals surface area contributed by atoms with Gasteiger partial charge in [-0.15, -0.1) is 0 Å². The van der Waals surface area contributed by atoms with Gasteiger partial charge in [-0.2, -0.15) is 5.10 Å². The van der Waals surface area contributed by atoms with Crippen LogP contribution in [0.3, 0.4) is 0 Å². The summed E-state index contributed by atoms with van der Waals surface area (Å²) in [6.45, 7) is 8.59. The first-order valence-electron chi connectivity index (χ1n) is 5.47. The molecule has 1 heterocycles. The Hall–Kier alpha value is -0.830. The van der Waals surface area contributed by atoms with Crippen molar-refractivity contribution in [1.82, 2.24) is 15.1 Å². The maximum Gasteiger partial charge on any atom is 0.0521 e. The molecule has 0 aliphatic heterocycles. The number of hydrogen-bond donors (Lipinski definition) is 1. The molecular weight excluding hydrogens is 174 g/mol. The molecule has 0 aliphatic carbocycles. The molecule has 0 aromatic carbocycles. The van der Waals surface area contributed by atoms with E-state index in [4.69, 9.17) is 0 Å². The van der Waals surface area contributed by atoms with E-state index in [1.165, 1.54) is 12.0 Å². The van der Waals surface area contributed by atoms with Gasteiger partial charge in [-0.1, -0.05) is 6.92 Å². The molecule has 0 fully saturated rings. The van der Waals surface area contributed by atoms with E-state index in [1.54, 1.807) is 0 Å². The normalized spacial score (nSPS) is 11.1. The molecule has 0 saturated carbocycles. The van der Waals surface area contributed by atoms with E-state index in [1.807, 2.05) is 10.9 Å². The van der Waals surface area contributed by atoms with Crippen molar-refractivity contribution < 1.29 is 0 Å². The molecule has 0 amide bonds. The first-order chi connectivity index (χ1) is 6.74. The molecule has 1 rings (SSSR count). The Morgan fingerprint density at radius 2 is 2.29 bits per heavy atom. The first kappa shape index (κ1) is 11.2. The molecule has 1 N–H and O–H groups in total. The van der Waals surface area contributed by atoms with E-state index in [0.717, 1.165) is 19.5 Å². The Morgan fingerprint density at radius 3 is 2.86 bits per heavy atom. The number of hydrogen-bond acceptors (Lipinski definition) is 2. The maximum absolute atomic E-state index is 4.31. The van der Waals surface area contributed by atoms with Crippen molar-refractivity contribution in [3.63, 3.8) is 0 Å². The maximum atomic E-state index is 4.31. The van der Waals surface area contributed by atoms with Gasteiger partial charge in [-0.3, -0.25) is 4.68 Å². The van der Waals surface area contributed by atoms with Gasteiger partial charge in [-0.05, 0) is 45.3 Å². The van der Waals surface area contributed by atoms with Crippen LogP contribution < -0.4 is 5.32 Å². The Bertz CT molecular complexity index is 253. The van der Waals surface area contributed by atoms with Crippen LogP contribution in [0.5, 0.6) is 0 Å². The molecule has 0 spiro atoms. The summed E-state index contributed by atoms with van der Waals surface area (Å²) in [5, 5.41) is 7.63. The second kappa shape index (κ2) is 5.81. The molecule has 1 aromatic rings. The van der Waals surface area contributed by atoms with Crippen LogP contribution in [0.25, 0.3) is 0 Å². The number of rotatable bonds is 6. The van der Waals surface area contributed by atoms with Crippen molar-refractivity contribution in [2.75, 3.05) is 13.1 Å². The van der Waals surface area contributed by atoms with Crippen molar-refractivity contribution in [3.05, 3.63) is 18.0 Å². The molecule has 0 saturated heterocycles. The zero-order chi connectivity index (χ0) is 10.4. The third-order valence-corrected chi connectivity index (χ3v) is 2.25. The zero-order valence-electron chi connectivity index (χ0n) is 9.45. The number of aromatic nitrogens is 2. The quantitative estimate of drug-likeness (QED) is 0.704. The lowest BCUT2D eigenvalue weighted by atomic mass is 10.2. The second-order valence-electron chi connectivity index (χ2n) is 3.88. The highest BCUT2D eigenvalue weighted by Crippen LogP contribution is 2.06. The summed E-state index contributed by atoms with van der Waals surface area (Å²) >= 11 is 0. The summed E-state index contributed by atoms with van der Waals surface area (Å²) in [6.07, 6.45) is 6.44. The van der Waals surface area contributed by atoms with Gasteiger partial charge in [0.05, 0.1) is 6.20 Å². The van der Waals surface area contributed by atoms with Crippen LogP contribution in [-0.2, 0) is 6.42 Å². The molecule has 1 aromatic heterocycles. The number of nitrogens with zero attached hydrogens (tertiary/aromatic N) is 2. The Morgan fingerprint density at radius 1 is 1.50 bits per heavy atom. The van der Waals surface area contributed by atoms with Crippen LogP contribution in [0.15, 0.2) is 12.4 Å². The SMILES string of the molecule is CCNCCCc1cnn(C(C)C)c1. The largest absolute Gasteiger partial charge is 0.317 e. The summed E-state index contributed by atoms with van der Waals surface area (Å²) in [4.78, 5) is 0. The van der Waals surface area contributed by atoms with Crippen LogP contribution in [0.1, 0.15) is 38.8 Å². The Labute approximate surface area is 86.5 Å². The monoisotopic (exact) mass is 195 g/mol. The molecule has 0 aliphatic rings. The molecular formula is C11H21N3. The van der Waals surface area contributed by atoms with Gasteiger partial charge in [-0.25, -0.2) is 0 Å². The molecule has 14 heavy (non-hydrogen) atoms. The molecule has 0 radical (unpaired) electrons. The van der Waals surface area contributed by atoms with E-state index < -0.39 is 0 Å². The van der Waals surface area contributed by atoms with Gasteiger partial charge in [0, 0.05) is 12.2 Å². The highest BCUT2D eigenvalue weighted by molar-refractivity contribution is 5.04. The number of nitrogens with one attached hydrogen (secondary N) is 1. The molecule has 3 nitrogen and oxygen atoms in total. The highest BCUT2D eigenvalue weighted by Gasteiger charge is 2.00. The van der Waals surface area contributed by atoms with Crippen LogP contribution in [0, 0.1) is 0 Å². The Kier molecular flexibility index (Phi) is 4.66. The van der Waals surface area contributed by atoms with Crippen LogP contribution in [-0.4, -0.2) is 22.9 Å².